The van der Waals surface area contributed by atoms with Crippen molar-refractivity contribution in [3.8, 4) is 11.4 Å². The minimum Gasteiger partial charge on any atom is -0.377 e. The lowest BCUT2D eigenvalue weighted by Gasteiger charge is -2.35. The highest BCUT2D eigenvalue weighted by Crippen LogP contribution is 2.38. The van der Waals surface area contributed by atoms with Gasteiger partial charge in [-0.2, -0.15) is 0 Å². The van der Waals surface area contributed by atoms with Crippen molar-refractivity contribution in [1.82, 2.24) is 14.9 Å². The number of morpholine rings is 1. The molecule has 3 heterocycles. The minimum atomic E-state index is 0.197. The number of hydrogen-bond donors (Lipinski definition) is 0. The Morgan fingerprint density at radius 2 is 1.85 bits per heavy atom. The highest BCUT2D eigenvalue weighted by atomic mass is 16.5. The quantitative estimate of drug-likeness (QED) is 0.629. The van der Waals surface area contributed by atoms with Crippen LogP contribution in [0.15, 0.2) is 24.3 Å². The number of nitrogens with zero attached hydrogens (tertiary/aromatic N) is 4. The van der Waals surface area contributed by atoms with Crippen LogP contribution in [0.2, 0.25) is 0 Å². The highest BCUT2D eigenvalue weighted by Gasteiger charge is 2.38. The number of anilines is 1. The molecule has 0 unspecified atom stereocenters. The fourth-order valence-electron chi connectivity index (χ4n) is 5.11. The van der Waals surface area contributed by atoms with Gasteiger partial charge in [-0.1, -0.05) is 24.3 Å². The van der Waals surface area contributed by atoms with E-state index in [-0.39, 0.29) is 17.9 Å². The molecule has 0 N–H and O–H groups in total. The lowest BCUT2D eigenvalue weighted by molar-refractivity contribution is -0.133. The Kier molecular flexibility index (Phi) is 5.60. The van der Waals surface area contributed by atoms with Gasteiger partial charge >= 0.3 is 0 Å². The van der Waals surface area contributed by atoms with E-state index < -0.39 is 0 Å². The molecule has 1 atom stereocenters. The average molecular weight is 461 g/mol. The second kappa shape index (κ2) is 8.77. The third kappa shape index (κ3) is 4.45. The van der Waals surface area contributed by atoms with E-state index in [1.54, 1.807) is 0 Å². The molecule has 2 saturated carbocycles. The molecule has 0 spiro atoms. The number of amides is 1. The Hall–Kier alpha value is -2.80. The predicted octanol–water partition coefficient (Wildman–Crippen LogP) is 3.53. The minimum absolute atomic E-state index is 0.197. The van der Waals surface area contributed by atoms with Crippen molar-refractivity contribution in [3.05, 3.63) is 41.1 Å². The van der Waals surface area contributed by atoms with Crippen LogP contribution in [0.5, 0.6) is 0 Å². The van der Waals surface area contributed by atoms with Gasteiger partial charge in [0.05, 0.1) is 38.0 Å². The van der Waals surface area contributed by atoms with Crippen molar-refractivity contribution >= 4 is 17.5 Å². The SMILES string of the molecule is C[C@H]1COCCN1c1nc(-c2ccc(CC(=O)CC3CC3)cc2)nc2c1CN(C(=O)C1CC1)C2. The number of ketones is 1. The first kappa shape index (κ1) is 21.7. The van der Waals surface area contributed by atoms with Crippen LogP contribution in [-0.4, -0.2) is 52.4 Å². The Labute approximate surface area is 200 Å². The zero-order valence-corrected chi connectivity index (χ0v) is 19.8. The molecular weight excluding hydrogens is 428 g/mol. The normalized spacial score (nSPS) is 22.1. The maximum atomic E-state index is 12.8. The van der Waals surface area contributed by atoms with Crippen molar-refractivity contribution in [2.75, 3.05) is 24.7 Å². The topological polar surface area (TPSA) is 75.6 Å². The number of benzene rings is 1. The van der Waals surface area contributed by atoms with Crippen LogP contribution >= 0.6 is 0 Å². The summed E-state index contributed by atoms with van der Waals surface area (Å²) in [6, 6.07) is 8.31. The first-order valence-electron chi connectivity index (χ1n) is 12.7. The molecule has 1 saturated heterocycles. The van der Waals surface area contributed by atoms with Crippen LogP contribution in [-0.2, 0) is 33.8 Å². The van der Waals surface area contributed by atoms with Crippen molar-refractivity contribution in [1.29, 1.82) is 0 Å². The van der Waals surface area contributed by atoms with Crippen molar-refractivity contribution in [3.63, 3.8) is 0 Å². The number of carbonyl (C=O) groups excluding carboxylic acids is 2. The highest BCUT2D eigenvalue weighted by molar-refractivity contribution is 5.82. The van der Waals surface area contributed by atoms with Crippen LogP contribution in [0.3, 0.4) is 0 Å². The van der Waals surface area contributed by atoms with Gasteiger partial charge in [-0.15, -0.1) is 0 Å². The average Bonchev–Trinajstić information content (AvgIpc) is 3.77. The van der Waals surface area contributed by atoms with Gasteiger partial charge in [0, 0.05) is 36.4 Å². The molecule has 1 aromatic carbocycles. The summed E-state index contributed by atoms with van der Waals surface area (Å²) in [5.74, 6) is 3.02. The molecular formula is C27H32N4O3. The summed E-state index contributed by atoms with van der Waals surface area (Å²) < 4.78 is 5.66. The number of hydrogen-bond acceptors (Lipinski definition) is 6. The van der Waals surface area contributed by atoms with Gasteiger partial charge in [0.2, 0.25) is 5.91 Å². The van der Waals surface area contributed by atoms with Crippen LogP contribution in [0.25, 0.3) is 11.4 Å². The van der Waals surface area contributed by atoms with Crippen LogP contribution in [0.1, 0.15) is 55.8 Å². The number of carbonyl (C=O) groups is 2. The number of ether oxygens (including phenoxy) is 1. The summed E-state index contributed by atoms with van der Waals surface area (Å²) in [6.45, 7) is 5.42. The zero-order chi connectivity index (χ0) is 23.2. The summed E-state index contributed by atoms with van der Waals surface area (Å²) in [7, 11) is 0. The molecule has 1 aromatic heterocycles. The number of aromatic nitrogens is 2. The zero-order valence-electron chi connectivity index (χ0n) is 19.8. The van der Waals surface area contributed by atoms with Crippen LogP contribution in [0, 0.1) is 11.8 Å². The molecule has 2 aromatic rings. The molecule has 34 heavy (non-hydrogen) atoms. The van der Waals surface area contributed by atoms with Crippen LogP contribution < -0.4 is 4.90 Å². The Balaban J connectivity index is 1.28. The summed E-state index contributed by atoms with van der Waals surface area (Å²) in [6.07, 6.45) is 5.63. The molecule has 178 valence electrons. The standard InChI is InChI=1S/C27H32N4O3/c1-17-16-34-11-10-31(17)26-23-14-30(27(33)21-8-9-21)15-24(23)28-25(29-26)20-6-4-19(5-7-20)13-22(32)12-18-2-3-18/h4-7,17-18,21H,2-3,8-16H2,1H3/t17-/m0/s1. The van der Waals surface area contributed by atoms with Gasteiger partial charge in [-0.3, -0.25) is 9.59 Å². The van der Waals surface area contributed by atoms with Gasteiger partial charge in [-0.25, -0.2) is 9.97 Å². The fraction of sp³-hybridized carbons (Fsp3) is 0.556. The fourth-order valence-corrected chi connectivity index (χ4v) is 5.11. The molecule has 2 aliphatic carbocycles. The van der Waals surface area contributed by atoms with Gasteiger partial charge in [0.25, 0.3) is 0 Å². The molecule has 4 aliphatic rings. The van der Waals surface area contributed by atoms with Gasteiger partial charge in [0.15, 0.2) is 5.82 Å². The maximum Gasteiger partial charge on any atom is 0.226 e. The summed E-state index contributed by atoms with van der Waals surface area (Å²) in [5, 5.41) is 0. The smallest absolute Gasteiger partial charge is 0.226 e. The third-order valence-electron chi connectivity index (χ3n) is 7.47. The first-order chi connectivity index (χ1) is 16.5. The van der Waals surface area contributed by atoms with E-state index in [0.29, 0.717) is 56.7 Å². The van der Waals surface area contributed by atoms with Gasteiger partial charge in [-0.05, 0) is 44.1 Å². The second-order valence-corrected chi connectivity index (χ2v) is 10.4. The van der Waals surface area contributed by atoms with E-state index in [4.69, 9.17) is 14.7 Å². The van der Waals surface area contributed by atoms with Crippen molar-refractivity contribution < 1.29 is 14.3 Å². The van der Waals surface area contributed by atoms with E-state index >= 15 is 0 Å². The summed E-state index contributed by atoms with van der Waals surface area (Å²) in [5.41, 5.74) is 4.01. The molecule has 2 aliphatic heterocycles. The molecule has 7 heteroatoms. The number of fused-ring (bicyclic) bond motifs is 1. The molecule has 0 radical (unpaired) electrons. The lowest BCUT2D eigenvalue weighted by Crippen LogP contribution is -2.44. The summed E-state index contributed by atoms with van der Waals surface area (Å²) in [4.78, 5) is 39.3. The molecule has 0 bridgehead atoms. The molecule has 1 amide bonds. The Morgan fingerprint density at radius 3 is 2.56 bits per heavy atom. The van der Waals surface area contributed by atoms with E-state index in [1.165, 1.54) is 12.8 Å². The molecule has 3 fully saturated rings. The third-order valence-corrected chi connectivity index (χ3v) is 7.47. The van der Waals surface area contributed by atoms with Crippen molar-refractivity contribution in [2.24, 2.45) is 11.8 Å². The predicted molar refractivity (Wildman–Crippen MR) is 128 cm³/mol. The van der Waals surface area contributed by atoms with E-state index in [2.05, 4.69) is 11.8 Å². The molecule has 7 nitrogen and oxygen atoms in total. The van der Waals surface area contributed by atoms with E-state index in [0.717, 1.165) is 47.6 Å². The first-order valence-corrected chi connectivity index (χ1v) is 12.7. The number of Topliss-reactive ketones (excluding diaryl/α,β-unsaturated/α-hetero) is 1. The monoisotopic (exact) mass is 460 g/mol. The number of rotatable bonds is 7. The molecule has 6 rings (SSSR count). The van der Waals surface area contributed by atoms with E-state index in [9.17, 15) is 9.59 Å². The van der Waals surface area contributed by atoms with Crippen LogP contribution in [0.4, 0.5) is 5.82 Å². The summed E-state index contributed by atoms with van der Waals surface area (Å²) >= 11 is 0. The van der Waals surface area contributed by atoms with E-state index in [1.807, 2.05) is 29.2 Å². The second-order valence-electron chi connectivity index (χ2n) is 10.4. The maximum absolute atomic E-state index is 12.8. The largest absolute Gasteiger partial charge is 0.377 e. The van der Waals surface area contributed by atoms with Crippen molar-refractivity contribution in [2.45, 2.75) is 64.6 Å². The van der Waals surface area contributed by atoms with Gasteiger partial charge < -0.3 is 14.5 Å². The van der Waals surface area contributed by atoms with Gasteiger partial charge in [0.1, 0.15) is 11.6 Å². The Morgan fingerprint density at radius 1 is 1.06 bits per heavy atom. The lowest BCUT2D eigenvalue weighted by atomic mass is 10.0. The Bertz CT molecular complexity index is 1110.